The van der Waals surface area contributed by atoms with Crippen molar-refractivity contribution in [1.29, 1.82) is 0 Å². The molecule has 0 aliphatic heterocycles. The highest BCUT2D eigenvalue weighted by molar-refractivity contribution is 7.15. The first kappa shape index (κ1) is 13.1. The van der Waals surface area contributed by atoms with Crippen LogP contribution in [0.3, 0.4) is 0 Å². The molecule has 2 N–H and O–H groups in total. The van der Waals surface area contributed by atoms with Crippen LogP contribution in [0, 0.1) is 0 Å². The zero-order valence-corrected chi connectivity index (χ0v) is 12.0. The Balaban J connectivity index is 1.56. The van der Waals surface area contributed by atoms with Gasteiger partial charge in [0.2, 0.25) is 5.13 Å². The molecule has 0 saturated heterocycles. The lowest BCUT2D eigenvalue weighted by molar-refractivity contribution is 0.249. The van der Waals surface area contributed by atoms with E-state index < -0.39 is 0 Å². The highest BCUT2D eigenvalue weighted by Gasteiger charge is 2.27. The molecule has 3 rings (SSSR count). The average Bonchev–Trinajstić information content (AvgIpc) is 3.20. The maximum absolute atomic E-state index is 11.9. The number of nitrogens with one attached hydrogen (secondary N) is 2. The Labute approximate surface area is 121 Å². The smallest absolute Gasteiger partial charge is 0.321 e. The van der Waals surface area contributed by atoms with E-state index in [2.05, 4.69) is 20.8 Å². The molecular weight excluding hydrogens is 272 g/mol. The molecule has 1 aliphatic carbocycles. The summed E-state index contributed by atoms with van der Waals surface area (Å²) in [7, 11) is 0. The van der Waals surface area contributed by atoms with E-state index in [9.17, 15) is 4.79 Å². The summed E-state index contributed by atoms with van der Waals surface area (Å²) in [5.41, 5.74) is 1.07. The van der Waals surface area contributed by atoms with Crippen LogP contribution in [0.25, 0.3) is 0 Å². The maximum atomic E-state index is 11.9. The van der Waals surface area contributed by atoms with Gasteiger partial charge in [0.05, 0.1) is 6.04 Å². The van der Waals surface area contributed by atoms with E-state index in [-0.39, 0.29) is 12.1 Å². The Kier molecular flexibility index (Phi) is 3.64. The van der Waals surface area contributed by atoms with Crippen molar-refractivity contribution in [3.63, 3.8) is 0 Å². The summed E-state index contributed by atoms with van der Waals surface area (Å²) in [6, 6.07) is 9.54. The van der Waals surface area contributed by atoms with Gasteiger partial charge in [0, 0.05) is 5.92 Å². The molecule has 1 heterocycles. The predicted molar refractivity (Wildman–Crippen MR) is 78.9 cm³/mol. The first-order valence-electron chi connectivity index (χ1n) is 6.68. The lowest BCUT2D eigenvalue weighted by Gasteiger charge is -2.13. The Morgan fingerprint density at radius 2 is 2.05 bits per heavy atom. The monoisotopic (exact) mass is 288 g/mol. The summed E-state index contributed by atoms with van der Waals surface area (Å²) in [6.07, 6.45) is 2.37. The molecule has 0 bridgehead atoms. The zero-order valence-electron chi connectivity index (χ0n) is 11.2. The minimum atomic E-state index is -0.250. The van der Waals surface area contributed by atoms with Crippen LogP contribution in [0.15, 0.2) is 30.3 Å². The Bertz CT molecular complexity index is 594. The van der Waals surface area contributed by atoms with Crippen molar-refractivity contribution in [3.05, 3.63) is 40.9 Å². The molecule has 6 heteroatoms. The summed E-state index contributed by atoms with van der Waals surface area (Å²) < 4.78 is 0. The normalized spacial score (nSPS) is 15.7. The second-order valence-corrected chi connectivity index (χ2v) is 5.96. The van der Waals surface area contributed by atoms with Gasteiger partial charge in [-0.2, -0.15) is 0 Å². The SMILES string of the molecule is CC(NC(=O)Nc1nnc(C2CC2)s1)c1ccccc1. The third kappa shape index (κ3) is 3.14. The van der Waals surface area contributed by atoms with Crippen molar-refractivity contribution in [2.24, 2.45) is 0 Å². The lowest BCUT2D eigenvalue weighted by Crippen LogP contribution is -2.31. The summed E-state index contributed by atoms with van der Waals surface area (Å²) in [5, 5.41) is 15.3. The minimum Gasteiger partial charge on any atom is -0.331 e. The first-order chi connectivity index (χ1) is 9.72. The van der Waals surface area contributed by atoms with Crippen LogP contribution in [-0.2, 0) is 0 Å². The topological polar surface area (TPSA) is 66.9 Å². The van der Waals surface area contributed by atoms with Crippen molar-refractivity contribution in [3.8, 4) is 0 Å². The molecule has 2 amide bonds. The number of rotatable bonds is 4. The number of amides is 2. The number of urea groups is 1. The third-order valence-corrected chi connectivity index (χ3v) is 4.24. The number of carbonyl (C=O) groups excluding carboxylic acids is 1. The zero-order chi connectivity index (χ0) is 13.9. The van der Waals surface area contributed by atoms with Crippen molar-refractivity contribution in [2.45, 2.75) is 31.7 Å². The molecule has 1 aromatic heterocycles. The Morgan fingerprint density at radius 3 is 2.75 bits per heavy atom. The van der Waals surface area contributed by atoms with Crippen molar-refractivity contribution in [2.75, 3.05) is 5.32 Å². The second kappa shape index (κ2) is 5.58. The van der Waals surface area contributed by atoms with Crippen molar-refractivity contribution in [1.82, 2.24) is 15.5 Å². The lowest BCUT2D eigenvalue weighted by atomic mass is 10.1. The molecular formula is C14H16N4OS. The van der Waals surface area contributed by atoms with Crippen LogP contribution in [0.2, 0.25) is 0 Å². The second-order valence-electron chi connectivity index (χ2n) is 4.95. The van der Waals surface area contributed by atoms with Crippen molar-refractivity contribution < 1.29 is 4.79 Å². The van der Waals surface area contributed by atoms with Gasteiger partial charge in [-0.15, -0.1) is 10.2 Å². The summed E-state index contributed by atoms with van der Waals surface area (Å²) >= 11 is 1.46. The number of aromatic nitrogens is 2. The molecule has 1 unspecified atom stereocenters. The molecule has 1 atom stereocenters. The number of hydrogen-bond donors (Lipinski definition) is 2. The molecule has 1 aromatic carbocycles. The Hall–Kier alpha value is -1.95. The van der Waals surface area contributed by atoms with Gasteiger partial charge >= 0.3 is 6.03 Å². The molecule has 1 fully saturated rings. The highest BCUT2D eigenvalue weighted by atomic mass is 32.1. The number of anilines is 1. The van der Waals surface area contributed by atoms with Gasteiger partial charge in [0.1, 0.15) is 5.01 Å². The van der Waals surface area contributed by atoms with Gasteiger partial charge in [0.25, 0.3) is 0 Å². The van der Waals surface area contributed by atoms with Crippen LogP contribution in [0.5, 0.6) is 0 Å². The van der Waals surface area contributed by atoms with E-state index >= 15 is 0 Å². The van der Waals surface area contributed by atoms with Gasteiger partial charge in [-0.3, -0.25) is 5.32 Å². The van der Waals surface area contributed by atoms with E-state index in [1.54, 1.807) is 0 Å². The molecule has 2 aromatic rings. The van der Waals surface area contributed by atoms with Crippen LogP contribution in [0.1, 0.15) is 42.3 Å². The van der Waals surface area contributed by atoms with Crippen LogP contribution < -0.4 is 10.6 Å². The quantitative estimate of drug-likeness (QED) is 0.907. The van der Waals surface area contributed by atoms with Gasteiger partial charge in [-0.05, 0) is 25.3 Å². The van der Waals surface area contributed by atoms with Crippen molar-refractivity contribution >= 4 is 22.5 Å². The summed E-state index contributed by atoms with van der Waals surface area (Å²) in [4.78, 5) is 11.9. The fourth-order valence-electron chi connectivity index (χ4n) is 1.94. The van der Waals surface area contributed by atoms with Gasteiger partial charge < -0.3 is 5.32 Å². The van der Waals surface area contributed by atoms with Gasteiger partial charge in [0.15, 0.2) is 0 Å². The number of benzene rings is 1. The van der Waals surface area contributed by atoms with E-state index in [4.69, 9.17) is 0 Å². The molecule has 0 radical (unpaired) electrons. The summed E-state index contributed by atoms with van der Waals surface area (Å²) in [6.45, 7) is 1.95. The number of nitrogens with zero attached hydrogens (tertiary/aromatic N) is 2. The molecule has 5 nitrogen and oxygen atoms in total. The minimum absolute atomic E-state index is 0.0491. The summed E-state index contributed by atoms with van der Waals surface area (Å²) in [5.74, 6) is 0.564. The highest BCUT2D eigenvalue weighted by Crippen LogP contribution is 2.41. The standard InChI is InChI=1S/C14H16N4OS/c1-9(10-5-3-2-4-6-10)15-13(19)16-14-18-17-12(20-14)11-7-8-11/h2-6,9,11H,7-8H2,1H3,(H2,15,16,18,19). The molecule has 20 heavy (non-hydrogen) atoms. The molecule has 1 saturated carbocycles. The fraction of sp³-hybridized carbons (Fsp3) is 0.357. The van der Waals surface area contributed by atoms with Crippen LogP contribution >= 0.6 is 11.3 Å². The van der Waals surface area contributed by atoms with Crippen LogP contribution in [0.4, 0.5) is 9.93 Å². The largest absolute Gasteiger partial charge is 0.331 e. The van der Waals surface area contributed by atoms with Gasteiger partial charge in [-0.25, -0.2) is 4.79 Å². The third-order valence-electron chi connectivity index (χ3n) is 3.23. The number of carbonyl (C=O) groups is 1. The average molecular weight is 288 g/mol. The van der Waals surface area contributed by atoms with E-state index in [1.807, 2.05) is 37.3 Å². The Morgan fingerprint density at radius 1 is 1.30 bits per heavy atom. The number of hydrogen-bond acceptors (Lipinski definition) is 4. The fourth-order valence-corrected chi connectivity index (χ4v) is 2.84. The van der Waals surface area contributed by atoms with Gasteiger partial charge in [-0.1, -0.05) is 41.7 Å². The molecule has 104 valence electrons. The molecule has 1 aliphatic rings. The predicted octanol–water partition coefficient (Wildman–Crippen LogP) is 3.30. The van der Waals surface area contributed by atoms with E-state index in [0.717, 1.165) is 10.6 Å². The van der Waals surface area contributed by atoms with Crippen LogP contribution in [-0.4, -0.2) is 16.2 Å². The van der Waals surface area contributed by atoms with E-state index in [0.29, 0.717) is 11.0 Å². The first-order valence-corrected chi connectivity index (χ1v) is 7.50. The maximum Gasteiger partial charge on any atom is 0.321 e. The molecule has 0 spiro atoms. The van der Waals surface area contributed by atoms with E-state index in [1.165, 1.54) is 24.2 Å².